The average Bonchev–Trinajstić information content (AvgIpc) is 2.54. The molecule has 2 aromatic rings. The second-order valence-electron chi connectivity index (χ2n) is 5.49. The van der Waals surface area contributed by atoms with E-state index >= 15 is 0 Å². The third-order valence-electron chi connectivity index (χ3n) is 3.91. The van der Waals surface area contributed by atoms with E-state index in [1.807, 2.05) is 30.3 Å². The van der Waals surface area contributed by atoms with Crippen molar-refractivity contribution in [1.29, 1.82) is 0 Å². The molecule has 0 spiro atoms. The van der Waals surface area contributed by atoms with Gasteiger partial charge in [-0.05, 0) is 23.1 Å². The van der Waals surface area contributed by atoms with E-state index in [1.165, 1.54) is 11.1 Å². The highest BCUT2D eigenvalue weighted by Gasteiger charge is 2.17. The first-order valence-electron chi connectivity index (χ1n) is 7.41. The predicted octanol–water partition coefficient (Wildman–Crippen LogP) is 2.36. The van der Waals surface area contributed by atoms with Gasteiger partial charge in [0, 0.05) is 19.6 Å². The summed E-state index contributed by atoms with van der Waals surface area (Å²) < 4.78 is 0. The Hall–Kier alpha value is -2.13. The maximum absolute atomic E-state index is 12.0. The summed E-state index contributed by atoms with van der Waals surface area (Å²) in [5.74, 6) is 0.0956. The topological polar surface area (TPSA) is 32.3 Å². The quantitative estimate of drug-likeness (QED) is 0.932. The van der Waals surface area contributed by atoms with Crippen LogP contribution >= 0.6 is 0 Å². The number of carbonyl (C=O) groups is 1. The molecule has 0 fully saturated rings. The Labute approximate surface area is 125 Å². The van der Waals surface area contributed by atoms with Gasteiger partial charge < -0.3 is 5.32 Å². The summed E-state index contributed by atoms with van der Waals surface area (Å²) in [6, 6.07) is 18.5. The van der Waals surface area contributed by atoms with Crippen molar-refractivity contribution >= 4 is 5.91 Å². The third-order valence-corrected chi connectivity index (χ3v) is 3.91. The van der Waals surface area contributed by atoms with Gasteiger partial charge in [-0.3, -0.25) is 9.69 Å². The molecule has 0 radical (unpaired) electrons. The molecule has 0 aromatic heterocycles. The summed E-state index contributed by atoms with van der Waals surface area (Å²) in [5, 5.41) is 2.99. The number of hydrogen-bond acceptors (Lipinski definition) is 2. The number of hydrogen-bond donors (Lipinski definition) is 1. The van der Waals surface area contributed by atoms with Crippen LogP contribution in [0.3, 0.4) is 0 Å². The van der Waals surface area contributed by atoms with Crippen LogP contribution in [0.2, 0.25) is 0 Å². The lowest BCUT2D eigenvalue weighted by molar-refractivity contribution is -0.122. The molecular weight excluding hydrogens is 260 g/mol. The number of rotatable bonds is 4. The number of amides is 1. The minimum absolute atomic E-state index is 0.0956. The molecule has 1 aliphatic heterocycles. The molecule has 1 N–H and O–H groups in total. The van der Waals surface area contributed by atoms with Crippen LogP contribution in [0.5, 0.6) is 0 Å². The molecule has 21 heavy (non-hydrogen) atoms. The van der Waals surface area contributed by atoms with Crippen LogP contribution in [0.4, 0.5) is 0 Å². The van der Waals surface area contributed by atoms with E-state index in [0.717, 1.165) is 25.1 Å². The molecule has 0 saturated carbocycles. The van der Waals surface area contributed by atoms with Gasteiger partial charge in [-0.1, -0.05) is 54.6 Å². The molecular formula is C18H20N2O. The Kier molecular flexibility index (Phi) is 4.31. The predicted molar refractivity (Wildman–Crippen MR) is 83.7 cm³/mol. The molecule has 0 bridgehead atoms. The molecule has 108 valence electrons. The number of nitrogens with zero attached hydrogens (tertiary/aromatic N) is 1. The minimum atomic E-state index is 0.0956. The highest BCUT2D eigenvalue weighted by Crippen LogP contribution is 2.17. The summed E-state index contributed by atoms with van der Waals surface area (Å²) in [7, 11) is 0. The van der Waals surface area contributed by atoms with Crippen molar-refractivity contribution in [3.05, 3.63) is 71.3 Å². The molecule has 0 saturated heterocycles. The third kappa shape index (κ3) is 3.70. The van der Waals surface area contributed by atoms with Gasteiger partial charge in [0.05, 0.1) is 6.54 Å². The van der Waals surface area contributed by atoms with Crippen LogP contribution < -0.4 is 5.32 Å². The van der Waals surface area contributed by atoms with Crippen LogP contribution in [0, 0.1) is 0 Å². The highest BCUT2D eigenvalue weighted by molar-refractivity contribution is 5.78. The normalized spacial score (nSPS) is 14.5. The fraction of sp³-hybridized carbons (Fsp3) is 0.278. The van der Waals surface area contributed by atoms with Crippen molar-refractivity contribution in [1.82, 2.24) is 10.2 Å². The SMILES string of the molecule is O=C(CN1CCc2ccccc2C1)NCc1ccccc1. The molecule has 1 heterocycles. The Bertz CT molecular complexity index is 610. The van der Waals surface area contributed by atoms with Crippen molar-refractivity contribution < 1.29 is 4.79 Å². The summed E-state index contributed by atoms with van der Waals surface area (Å²) in [6.07, 6.45) is 1.03. The van der Waals surface area contributed by atoms with Crippen LogP contribution in [-0.2, 0) is 24.3 Å². The van der Waals surface area contributed by atoms with Gasteiger partial charge in [0.15, 0.2) is 0 Å². The Morgan fingerprint density at radius 2 is 1.71 bits per heavy atom. The van der Waals surface area contributed by atoms with E-state index in [9.17, 15) is 4.79 Å². The summed E-state index contributed by atoms with van der Waals surface area (Å²) in [6.45, 7) is 2.90. The summed E-state index contributed by atoms with van der Waals surface area (Å²) >= 11 is 0. The first-order chi connectivity index (χ1) is 10.3. The van der Waals surface area contributed by atoms with E-state index in [-0.39, 0.29) is 5.91 Å². The zero-order valence-corrected chi connectivity index (χ0v) is 12.1. The second-order valence-corrected chi connectivity index (χ2v) is 5.49. The summed E-state index contributed by atoms with van der Waals surface area (Å²) in [4.78, 5) is 14.3. The largest absolute Gasteiger partial charge is 0.351 e. The first-order valence-corrected chi connectivity index (χ1v) is 7.41. The lowest BCUT2D eigenvalue weighted by Gasteiger charge is -2.28. The lowest BCUT2D eigenvalue weighted by atomic mass is 10.00. The standard InChI is InChI=1S/C18H20N2O/c21-18(19-12-15-6-2-1-3-7-15)14-20-11-10-16-8-4-5-9-17(16)13-20/h1-9H,10-14H2,(H,19,21). The van der Waals surface area contributed by atoms with E-state index in [0.29, 0.717) is 13.1 Å². The maximum atomic E-state index is 12.0. The van der Waals surface area contributed by atoms with Gasteiger partial charge >= 0.3 is 0 Å². The minimum Gasteiger partial charge on any atom is -0.351 e. The fourth-order valence-electron chi connectivity index (χ4n) is 2.74. The first kappa shape index (κ1) is 13.8. The van der Waals surface area contributed by atoms with Crippen LogP contribution in [0.15, 0.2) is 54.6 Å². The fourth-order valence-corrected chi connectivity index (χ4v) is 2.74. The highest BCUT2D eigenvalue weighted by atomic mass is 16.2. The van der Waals surface area contributed by atoms with Crippen molar-refractivity contribution in [3.8, 4) is 0 Å². The monoisotopic (exact) mass is 280 g/mol. The molecule has 3 nitrogen and oxygen atoms in total. The molecule has 3 rings (SSSR count). The second kappa shape index (κ2) is 6.55. The van der Waals surface area contributed by atoms with Gasteiger partial charge in [-0.25, -0.2) is 0 Å². The smallest absolute Gasteiger partial charge is 0.234 e. The van der Waals surface area contributed by atoms with Crippen LogP contribution in [0.1, 0.15) is 16.7 Å². The van der Waals surface area contributed by atoms with Crippen LogP contribution in [-0.4, -0.2) is 23.9 Å². The van der Waals surface area contributed by atoms with Gasteiger partial charge in [-0.15, -0.1) is 0 Å². The van der Waals surface area contributed by atoms with Gasteiger partial charge in [0.2, 0.25) is 5.91 Å². The molecule has 0 atom stereocenters. The van der Waals surface area contributed by atoms with E-state index in [4.69, 9.17) is 0 Å². The van der Waals surface area contributed by atoms with E-state index < -0.39 is 0 Å². The average molecular weight is 280 g/mol. The van der Waals surface area contributed by atoms with Crippen molar-refractivity contribution in [2.45, 2.75) is 19.5 Å². The Morgan fingerprint density at radius 1 is 1.00 bits per heavy atom. The van der Waals surface area contributed by atoms with Crippen LogP contribution in [0.25, 0.3) is 0 Å². The molecule has 0 aliphatic carbocycles. The van der Waals surface area contributed by atoms with Crippen molar-refractivity contribution in [3.63, 3.8) is 0 Å². The molecule has 2 aromatic carbocycles. The zero-order valence-electron chi connectivity index (χ0n) is 12.1. The molecule has 1 amide bonds. The number of benzene rings is 2. The Morgan fingerprint density at radius 3 is 2.52 bits per heavy atom. The number of nitrogens with one attached hydrogen (secondary N) is 1. The van der Waals surface area contributed by atoms with E-state index in [2.05, 4.69) is 34.5 Å². The maximum Gasteiger partial charge on any atom is 0.234 e. The number of carbonyl (C=O) groups excluding carboxylic acids is 1. The Balaban J connectivity index is 1.50. The van der Waals surface area contributed by atoms with Crippen molar-refractivity contribution in [2.24, 2.45) is 0 Å². The number of fused-ring (bicyclic) bond motifs is 1. The van der Waals surface area contributed by atoms with E-state index in [1.54, 1.807) is 0 Å². The van der Waals surface area contributed by atoms with Gasteiger partial charge in [0.25, 0.3) is 0 Å². The molecule has 3 heteroatoms. The zero-order chi connectivity index (χ0) is 14.5. The lowest BCUT2D eigenvalue weighted by Crippen LogP contribution is -2.39. The van der Waals surface area contributed by atoms with Gasteiger partial charge in [-0.2, -0.15) is 0 Å². The van der Waals surface area contributed by atoms with Gasteiger partial charge in [0.1, 0.15) is 0 Å². The molecule has 0 unspecified atom stereocenters. The summed E-state index contributed by atoms with van der Waals surface area (Å²) in [5.41, 5.74) is 3.90. The van der Waals surface area contributed by atoms with Crippen molar-refractivity contribution in [2.75, 3.05) is 13.1 Å². The molecule has 1 aliphatic rings.